The number of hydroxylamine groups is 1. The second-order valence-corrected chi connectivity index (χ2v) is 9.99. The van der Waals surface area contributed by atoms with Crippen molar-refractivity contribution in [2.75, 3.05) is 36.0 Å². The first-order valence-corrected chi connectivity index (χ1v) is 13.2. The van der Waals surface area contributed by atoms with Crippen LogP contribution in [0.2, 0.25) is 0 Å². The van der Waals surface area contributed by atoms with Gasteiger partial charge in [0.15, 0.2) is 6.29 Å². The van der Waals surface area contributed by atoms with Crippen molar-refractivity contribution in [1.82, 2.24) is 20.3 Å². The molecule has 204 valence electrons. The lowest BCUT2D eigenvalue weighted by Gasteiger charge is -2.34. The monoisotopic (exact) mass is 533 g/mol. The predicted molar refractivity (Wildman–Crippen MR) is 139 cm³/mol. The van der Waals surface area contributed by atoms with E-state index in [-0.39, 0.29) is 17.9 Å². The van der Waals surface area contributed by atoms with Crippen molar-refractivity contribution in [1.29, 1.82) is 5.26 Å². The van der Waals surface area contributed by atoms with Crippen molar-refractivity contribution in [3.63, 3.8) is 0 Å². The van der Waals surface area contributed by atoms with E-state index < -0.39 is 18.2 Å². The molecule has 0 saturated carbocycles. The average molecular weight is 534 g/mol. The van der Waals surface area contributed by atoms with E-state index in [1.54, 1.807) is 36.1 Å². The van der Waals surface area contributed by atoms with Gasteiger partial charge in [0.25, 0.3) is 11.8 Å². The van der Waals surface area contributed by atoms with Gasteiger partial charge in [-0.15, -0.1) is 0 Å². The van der Waals surface area contributed by atoms with Gasteiger partial charge in [0.2, 0.25) is 5.95 Å². The third-order valence-electron chi connectivity index (χ3n) is 7.41. The fourth-order valence-electron chi connectivity index (χ4n) is 5.05. The Bertz CT molecular complexity index is 1230. The second kappa shape index (κ2) is 11.8. The zero-order valence-electron chi connectivity index (χ0n) is 21.8. The van der Waals surface area contributed by atoms with E-state index in [2.05, 4.69) is 15.4 Å². The van der Waals surface area contributed by atoms with Gasteiger partial charge in [-0.1, -0.05) is 0 Å². The normalized spacial score (nSPS) is 22.2. The lowest BCUT2D eigenvalue weighted by Crippen LogP contribution is -2.42. The Morgan fingerprint density at radius 1 is 1.13 bits per heavy atom. The van der Waals surface area contributed by atoms with Gasteiger partial charge in [-0.3, -0.25) is 9.59 Å². The molecular formula is C27H31N7O5. The van der Waals surface area contributed by atoms with Crippen LogP contribution in [0.5, 0.6) is 0 Å². The SMILES string of the molecule is CC1C(=O)N(c2ccc(C#N)cc2)C(=O)N1CC1CCN(c2ncc(C(=O)NOC3CCCCO3)cn2)CC1. The van der Waals surface area contributed by atoms with E-state index in [0.717, 1.165) is 32.1 Å². The highest BCUT2D eigenvalue weighted by molar-refractivity contribution is 6.21. The number of imide groups is 1. The van der Waals surface area contributed by atoms with Crippen LogP contribution in [-0.4, -0.2) is 71.3 Å². The molecule has 4 amide bonds. The van der Waals surface area contributed by atoms with Crippen LogP contribution in [-0.2, 0) is 14.4 Å². The number of nitrogens with one attached hydrogen (secondary N) is 1. The van der Waals surface area contributed by atoms with Crippen LogP contribution in [0, 0.1) is 17.2 Å². The summed E-state index contributed by atoms with van der Waals surface area (Å²) in [6.45, 7) is 4.25. The van der Waals surface area contributed by atoms with E-state index in [9.17, 15) is 14.4 Å². The first-order valence-electron chi connectivity index (χ1n) is 13.2. The Labute approximate surface area is 226 Å². The number of hydrogen-bond donors (Lipinski definition) is 1. The summed E-state index contributed by atoms with van der Waals surface area (Å²) in [6.07, 6.45) is 6.87. The number of anilines is 2. The predicted octanol–water partition coefficient (Wildman–Crippen LogP) is 2.61. The minimum Gasteiger partial charge on any atom is -0.350 e. The van der Waals surface area contributed by atoms with Crippen molar-refractivity contribution < 1.29 is 24.0 Å². The third kappa shape index (κ3) is 5.84. The highest BCUT2D eigenvalue weighted by Gasteiger charge is 2.44. The molecule has 0 spiro atoms. The molecule has 1 aromatic carbocycles. The minimum absolute atomic E-state index is 0.227. The summed E-state index contributed by atoms with van der Waals surface area (Å²) in [5, 5.41) is 9.01. The molecular weight excluding hydrogens is 502 g/mol. The number of rotatable bonds is 7. The standard InChI is InChI=1S/C27H31N7O5/c1-18-25(36)34(22-7-5-19(14-28)6-8-22)27(37)33(18)17-20-9-11-32(12-10-20)26-29-15-21(16-30-26)24(35)31-39-23-4-2-3-13-38-23/h5-8,15-16,18,20,23H,2-4,9-13,17H2,1H3,(H,31,35). The van der Waals surface area contributed by atoms with Crippen LogP contribution in [0.4, 0.5) is 16.4 Å². The summed E-state index contributed by atoms with van der Waals surface area (Å²) in [7, 11) is 0. The molecule has 3 aliphatic heterocycles. The van der Waals surface area contributed by atoms with Gasteiger partial charge in [-0.2, -0.15) is 5.26 Å². The summed E-state index contributed by atoms with van der Waals surface area (Å²) >= 11 is 0. The molecule has 0 radical (unpaired) electrons. The van der Waals surface area contributed by atoms with Crippen molar-refractivity contribution >= 4 is 29.5 Å². The summed E-state index contributed by atoms with van der Waals surface area (Å²) in [4.78, 5) is 57.3. The minimum atomic E-state index is -0.554. The van der Waals surface area contributed by atoms with Crippen LogP contribution in [0.1, 0.15) is 54.9 Å². The lowest BCUT2D eigenvalue weighted by atomic mass is 9.96. The maximum absolute atomic E-state index is 13.2. The molecule has 0 aliphatic carbocycles. The Hall–Kier alpha value is -4.08. The molecule has 12 nitrogen and oxygen atoms in total. The highest BCUT2D eigenvalue weighted by atomic mass is 16.8. The number of aromatic nitrogens is 2. The van der Waals surface area contributed by atoms with E-state index >= 15 is 0 Å². The topological polar surface area (TPSA) is 141 Å². The van der Waals surface area contributed by atoms with Gasteiger partial charge in [0, 0.05) is 45.1 Å². The molecule has 39 heavy (non-hydrogen) atoms. The van der Waals surface area contributed by atoms with Gasteiger partial charge < -0.3 is 14.5 Å². The number of nitriles is 1. The van der Waals surface area contributed by atoms with Crippen LogP contribution >= 0.6 is 0 Å². The summed E-state index contributed by atoms with van der Waals surface area (Å²) in [5.74, 6) is 0.0691. The second-order valence-electron chi connectivity index (χ2n) is 9.99. The Morgan fingerprint density at radius 2 is 1.85 bits per heavy atom. The van der Waals surface area contributed by atoms with Crippen LogP contribution < -0.4 is 15.3 Å². The molecule has 2 atom stereocenters. The third-order valence-corrected chi connectivity index (χ3v) is 7.41. The van der Waals surface area contributed by atoms with Gasteiger partial charge in [-0.25, -0.2) is 30.0 Å². The summed E-state index contributed by atoms with van der Waals surface area (Å²) in [5.41, 5.74) is 3.64. The molecule has 0 bridgehead atoms. The summed E-state index contributed by atoms with van der Waals surface area (Å²) in [6, 6.07) is 7.59. The van der Waals surface area contributed by atoms with Gasteiger partial charge in [0.1, 0.15) is 6.04 Å². The molecule has 2 unspecified atom stereocenters. The fourth-order valence-corrected chi connectivity index (χ4v) is 5.05. The van der Waals surface area contributed by atoms with Crippen molar-refractivity contribution in [2.45, 2.75) is 51.4 Å². The van der Waals surface area contributed by atoms with E-state index in [0.29, 0.717) is 49.0 Å². The van der Waals surface area contributed by atoms with Crippen LogP contribution in [0.25, 0.3) is 0 Å². The molecule has 1 aromatic heterocycles. The Morgan fingerprint density at radius 3 is 2.49 bits per heavy atom. The van der Waals surface area contributed by atoms with Crippen LogP contribution in [0.3, 0.4) is 0 Å². The molecule has 1 N–H and O–H groups in total. The lowest BCUT2D eigenvalue weighted by molar-refractivity contribution is -0.186. The molecule has 12 heteroatoms. The van der Waals surface area contributed by atoms with Crippen molar-refractivity contribution in [3.05, 3.63) is 47.8 Å². The fraction of sp³-hybridized carbons (Fsp3) is 0.481. The maximum Gasteiger partial charge on any atom is 0.332 e. The number of ether oxygens (including phenoxy) is 1. The number of urea groups is 1. The van der Waals surface area contributed by atoms with Gasteiger partial charge in [0.05, 0.1) is 22.9 Å². The van der Waals surface area contributed by atoms with E-state index in [4.69, 9.17) is 14.8 Å². The molecule has 3 fully saturated rings. The molecule has 4 heterocycles. The van der Waals surface area contributed by atoms with Crippen molar-refractivity contribution in [3.8, 4) is 6.07 Å². The zero-order valence-corrected chi connectivity index (χ0v) is 21.8. The van der Waals surface area contributed by atoms with E-state index in [1.807, 2.05) is 11.0 Å². The number of carbonyl (C=O) groups excluding carboxylic acids is 3. The first-order chi connectivity index (χ1) is 18.9. The van der Waals surface area contributed by atoms with Gasteiger partial charge in [-0.05, 0) is 62.8 Å². The van der Waals surface area contributed by atoms with Gasteiger partial charge >= 0.3 is 6.03 Å². The number of piperidine rings is 1. The first kappa shape index (κ1) is 26.5. The number of hydrogen-bond acceptors (Lipinski definition) is 9. The number of amides is 4. The van der Waals surface area contributed by atoms with Crippen LogP contribution in [0.15, 0.2) is 36.7 Å². The zero-order chi connectivity index (χ0) is 27.4. The number of benzene rings is 1. The molecule has 5 rings (SSSR count). The van der Waals surface area contributed by atoms with Crippen molar-refractivity contribution in [2.24, 2.45) is 5.92 Å². The number of carbonyl (C=O) groups is 3. The average Bonchev–Trinajstić information content (AvgIpc) is 3.19. The molecule has 3 aliphatic rings. The number of nitrogens with zero attached hydrogens (tertiary/aromatic N) is 6. The summed E-state index contributed by atoms with van der Waals surface area (Å²) < 4.78 is 5.44. The molecule has 2 aromatic rings. The molecule has 3 saturated heterocycles. The quantitative estimate of drug-likeness (QED) is 0.420. The largest absolute Gasteiger partial charge is 0.350 e. The Kier molecular flexibility index (Phi) is 7.99. The van der Waals surface area contributed by atoms with E-state index in [1.165, 1.54) is 17.3 Å². The Balaban J connectivity index is 1.12. The highest BCUT2D eigenvalue weighted by Crippen LogP contribution is 2.29. The smallest absolute Gasteiger partial charge is 0.332 e. The maximum atomic E-state index is 13.2.